The van der Waals surface area contributed by atoms with Crippen molar-refractivity contribution in [1.29, 1.82) is 0 Å². The fourth-order valence-corrected chi connectivity index (χ4v) is 1.42. The van der Waals surface area contributed by atoms with Crippen LogP contribution in [0.4, 0.5) is 0 Å². The molecule has 0 N–H and O–H groups in total. The van der Waals surface area contributed by atoms with E-state index in [0.717, 1.165) is 18.0 Å². The Morgan fingerprint density at radius 1 is 1.56 bits per heavy atom. The van der Waals surface area contributed by atoms with E-state index in [9.17, 15) is 0 Å². The molecular weight excluding hydrogens is 171 g/mol. The molecule has 1 radical (unpaired) electrons. The Morgan fingerprint density at radius 2 is 2.11 bits per heavy atom. The second-order valence-electron chi connectivity index (χ2n) is 1.97. The lowest BCUT2D eigenvalue weighted by Gasteiger charge is -2.00. The van der Waals surface area contributed by atoms with Crippen LogP contribution in [0.1, 0.15) is 26.2 Å². The average Bonchev–Trinajstić information content (AvgIpc) is 1.82. The summed E-state index contributed by atoms with van der Waals surface area (Å²) in [7, 11) is -1.23. The largest absolute Gasteiger partial charge is 0.302 e. The molecule has 0 heterocycles. The highest BCUT2D eigenvalue weighted by Crippen LogP contribution is 2.13. The third kappa shape index (κ3) is 5.01. The molecule has 0 rings (SSSR count). The van der Waals surface area contributed by atoms with Crippen molar-refractivity contribution in [3.63, 3.8) is 0 Å². The maximum Gasteiger partial charge on any atom is 0.302 e. The number of unbranched alkanes of at least 4 members (excludes halogenated alkanes) is 1. The van der Waals surface area contributed by atoms with Gasteiger partial charge in [0.05, 0.1) is 0 Å². The molecule has 0 spiro atoms. The minimum atomic E-state index is -1.23. The summed E-state index contributed by atoms with van der Waals surface area (Å²) >= 11 is 11.3. The van der Waals surface area contributed by atoms with Crippen LogP contribution in [0.5, 0.6) is 0 Å². The zero-order valence-electron chi connectivity index (χ0n) is 5.58. The van der Waals surface area contributed by atoms with E-state index in [-0.39, 0.29) is 0 Å². The fraction of sp³-hybridized carbons (Fsp3) is 0.667. The van der Waals surface area contributed by atoms with E-state index in [4.69, 9.17) is 22.2 Å². The van der Waals surface area contributed by atoms with E-state index >= 15 is 0 Å². The van der Waals surface area contributed by atoms with E-state index in [0.29, 0.717) is 0 Å². The topological polar surface area (TPSA) is 0 Å². The molecule has 0 amide bonds. The highest BCUT2D eigenvalue weighted by molar-refractivity contribution is 7.36. The van der Waals surface area contributed by atoms with Gasteiger partial charge in [-0.15, -0.1) is 28.7 Å². The van der Waals surface area contributed by atoms with Crippen molar-refractivity contribution in [2.45, 2.75) is 26.2 Å². The van der Waals surface area contributed by atoms with Gasteiger partial charge in [-0.3, -0.25) is 0 Å². The number of allylic oxidation sites excluding steroid dienone is 1. The Bertz CT molecular complexity index is 91.1. The van der Waals surface area contributed by atoms with Crippen molar-refractivity contribution in [2.24, 2.45) is 0 Å². The number of rotatable bonds is 4. The van der Waals surface area contributed by atoms with Crippen molar-refractivity contribution < 1.29 is 0 Å². The predicted octanol–water partition coefficient (Wildman–Crippen LogP) is 3.24. The Kier molecular flexibility index (Phi) is 5.65. The third-order valence-corrected chi connectivity index (χ3v) is 3.49. The lowest BCUT2D eigenvalue weighted by atomic mass is 10.2. The Balaban J connectivity index is 3.28. The molecule has 0 aromatic carbocycles. The number of hydrogen-bond donors (Lipinski definition) is 0. The van der Waals surface area contributed by atoms with Crippen LogP contribution in [0.25, 0.3) is 0 Å². The monoisotopic (exact) mass is 181 g/mol. The van der Waals surface area contributed by atoms with Crippen molar-refractivity contribution in [1.82, 2.24) is 0 Å². The molecule has 0 saturated carbocycles. The van der Waals surface area contributed by atoms with Crippen LogP contribution in [0.3, 0.4) is 0 Å². The van der Waals surface area contributed by atoms with E-state index in [2.05, 4.69) is 13.5 Å². The van der Waals surface area contributed by atoms with Gasteiger partial charge in [-0.05, 0) is 6.42 Å². The quantitative estimate of drug-likeness (QED) is 0.462. The minimum absolute atomic E-state index is 0.998. The number of halogens is 2. The van der Waals surface area contributed by atoms with Gasteiger partial charge in [0.2, 0.25) is 0 Å². The Hall–Kier alpha value is 0.537. The smallest absolute Gasteiger partial charge is 0.141 e. The van der Waals surface area contributed by atoms with Gasteiger partial charge in [-0.25, -0.2) is 0 Å². The summed E-state index contributed by atoms with van der Waals surface area (Å²) in [5.74, 6) is 0. The normalized spacial score (nSPS) is 10.2. The highest BCUT2D eigenvalue weighted by Gasteiger charge is 2.06. The molecule has 0 fully saturated rings. The summed E-state index contributed by atoms with van der Waals surface area (Å²) in [6, 6.07) is 0. The van der Waals surface area contributed by atoms with Crippen LogP contribution in [0.15, 0.2) is 11.8 Å². The van der Waals surface area contributed by atoms with Crippen molar-refractivity contribution >= 4 is 29.6 Å². The van der Waals surface area contributed by atoms with Crippen molar-refractivity contribution in [3.8, 4) is 0 Å². The molecule has 53 valence electrons. The molecule has 0 nitrogen and oxygen atoms in total. The molecular formula is C6H11Cl2Si. The van der Waals surface area contributed by atoms with Crippen molar-refractivity contribution in [2.75, 3.05) is 0 Å². The minimum Gasteiger partial charge on any atom is -0.141 e. The van der Waals surface area contributed by atoms with E-state index in [1.807, 2.05) is 0 Å². The van der Waals surface area contributed by atoms with Crippen LogP contribution < -0.4 is 0 Å². The van der Waals surface area contributed by atoms with Crippen LogP contribution in [0, 0.1) is 0 Å². The molecule has 0 unspecified atom stereocenters. The fourth-order valence-electron chi connectivity index (χ4n) is 0.485. The molecule has 0 aliphatic rings. The second kappa shape index (κ2) is 5.33. The molecule has 3 heteroatoms. The summed E-state index contributed by atoms with van der Waals surface area (Å²) in [6.45, 7) is 5.91. The molecule has 0 aromatic heterocycles. The molecule has 0 atom stereocenters. The molecule has 0 aliphatic heterocycles. The molecule has 0 aromatic rings. The summed E-state index contributed by atoms with van der Waals surface area (Å²) in [5.41, 5.74) is 0. The zero-order chi connectivity index (χ0) is 7.28. The molecule has 9 heavy (non-hydrogen) atoms. The summed E-state index contributed by atoms with van der Waals surface area (Å²) < 4.78 is 0. The first-order valence-electron chi connectivity index (χ1n) is 3.04. The summed E-state index contributed by atoms with van der Waals surface area (Å²) in [6.07, 6.45) is 3.34. The van der Waals surface area contributed by atoms with Gasteiger partial charge in [0.1, 0.15) is 0 Å². The first-order chi connectivity index (χ1) is 4.18. The average molecular weight is 182 g/mol. The number of hydrogen-bond acceptors (Lipinski definition) is 0. The van der Waals surface area contributed by atoms with Crippen molar-refractivity contribution in [3.05, 3.63) is 11.8 Å². The lowest BCUT2D eigenvalue weighted by molar-refractivity contribution is 0.808. The molecule has 0 bridgehead atoms. The first-order valence-corrected chi connectivity index (χ1v) is 6.57. The third-order valence-electron chi connectivity index (χ3n) is 1.10. The SMILES string of the molecule is C=C(CCCC)[Si](Cl)Cl. The lowest BCUT2D eigenvalue weighted by Crippen LogP contribution is -1.97. The molecule has 0 aliphatic carbocycles. The second-order valence-corrected chi connectivity index (χ2v) is 6.04. The highest BCUT2D eigenvalue weighted by atomic mass is 35.7. The van der Waals surface area contributed by atoms with Crippen LogP contribution in [-0.2, 0) is 0 Å². The zero-order valence-corrected chi connectivity index (χ0v) is 8.10. The maximum atomic E-state index is 5.63. The molecule has 0 saturated heterocycles. The predicted molar refractivity (Wildman–Crippen MR) is 46.1 cm³/mol. The maximum absolute atomic E-state index is 5.63. The van der Waals surface area contributed by atoms with E-state index < -0.39 is 7.42 Å². The van der Waals surface area contributed by atoms with Gasteiger partial charge in [0.15, 0.2) is 0 Å². The van der Waals surface area contributed by atoms with Gasteiger partial charge in [-0.1, -0.05) is 25.0 Å². The Morgan fingerprint density at radius 3 is 2.44 bits per heavy atom. The van der Waals surface area contributed by atoms with E-state index in [1.54, 1.807) is 0 Å². The van der Waals surface area contributed by atoms with E-state index in [1.165, 1.54) is 6.42 Å². The van der Waals surface area contributed by atoms with Crippen LogP contribution in [-0.4, -0.2) is 7.42 Å². The Labute approximate surface area is 67.9 Å². The van der Waals surface area contributed by atoms with Crippen LogP contribution in [0.2, 0.25) is 0 Å². The summed E-state index contributed by atoms with van der Waals surface area (Å²) in [5, 5.41) is 1.03. The first kappa shape index (κ1) is 9.54. The summed E-state index contributed by atoms with van der Waals surface area (Å²) in [4.78, 5) is 0. The van der Waals surface area contributed by atoms with Gasteiger partial charge >= 0.3 is 7.42 Å². The van der Waals surface area contributed by atoms with Crippen LogP contribution >= 0.6 is 22.2 Å². The standard InChI is InChI=1S/C6H11Cl2Si/c1-3-4-5-6(2)9(7)8/h2-5H2,1H3. The van der Waals surface area contributed by atoms with Gasteiger partial charge < -0.3 is 0 Å². The van der Waals surface area contributed by atoms with Gasteiger partial charge in [0, 0.05) is 0 Å². The van der Waals surface area contributed by atoms with Gasteiger partial charge in [0.25, 0.3) is 0 Å². The van der Waals surface area contributed by atoms with Gasteiger partial charge in [-0.2, -0.15) is 0 Å².